The van der Waals surface area contributed by atoms with E-state index < -0.39 is 0 Å². The molecule has 52 valence electrons. The topological polar surface area (TPSA) is 18.5 Å². The fourth-order valence-corrected chi connectivity index (χ4v) is 0.438. The monoisotopic (exact) mass is 128 g/mol. The maximum absolute atomic E-state index is 5.01. The van der Waals surface area contributed by atoms with Crippen LogP contribution in [-0.4, -0.2) is 19.8 Å². The van der Waals surface area contributed by atoms with Crippen molar-refractivity contribution in [2.45, 2.75) is 13.0 Å². The molecule has 0 saturated carbocycles. The summed E-state index contributed by atoms with van der Waals surface area (Å²) in [6.07, 6.45) is 1.52. The third kappa shape index (κ3) is 5.15. The summed E-state index contributed by atoms with van der Waals surface area (Å²) in [6.45, 7) is 5.86. The van der Waals surface area contributed by atoms with E-state index in [1.54, 1.807) is 7.11 Å². The SMILES string of the molecule is C=C=COC(C)COC. The van der Waals surface area contributed by atoms with Gasteiger partial charge in [-0.3, -0.25) is 0 Å². The molecule has 0 heterocycles. The van der Waals surface area contributed by atoms with Crippen LogP contribution in [0.2, 0.25) is 0 Å². The summed E-state index contributed by atoms with van der Waals surface area (Å²) in [6, 6.07) is 0. The quantitative estimate of drug-likeness (QED) is 0.420. The molecular formula is C7H12O2. The van der Waals surface area contributed by atoms with Gasteiger partial charge in [0, 0.05) is 7.11 Å². The zero-order valence-electron chi connectivity index (χ0n) is 5.89. The highest BCUT2D eigenvalue weighted by molar-refractivity contribution is 4.66. The highest BCUT2D eigenvalue weighted by Crippen LogP contribution is 1.89. The van der Waals surface area contributed by atoms with Crippen molar-refractivity contribution in [3.8, 4) is 0 Å². The summed E-state index contributed by atoms with van der Waals surface area (Å²) < 4.78 is 9.82. The highest BCUT2D eigenvalue weighted by Gasteiger charge is 1.95. The second kappa shape index (κ2) is 5.42. The van der Waals surface area contributed by atoms with E-state index in [1.807, 2.05) is 6.92 Å². The number of rotatable bonds is 4. The van der Waals surface area contributed by atoms with E-state index in [4.69, 9.17) is 9.47 Å². The molecule has 0 radical (unpaired) electrons. The summed E-state index contributed by atoms with van der Waals surface area (Å²) >= 11 is 0. The number of hydrogen-bond donors (Lipinski definition) is 0. The summed E-state index contributed by atoms with van der Waals surface area (Å²) in [5, 5.41) is 0. The van der Waals surface area contributed by atoms with E-state index in [0.29, 0.717) is 6.61 Å². The third-order valence-electron chi connectivity index (χ3n) is 0.785. The Labute approximate surface area is 55.8 Å². The normalized spacial score (nSPS) is 11.8. The molecule has 0 spiro atoms. The number of methoxy groups -OCH3 is 1. The van der Waals surface area contributed by atoms with Gasteiger partial charge in [-0.05, 0) is 6.92 Å². The first-order chi connectivity index (χ1) is 4.31. The molecule has 1 atom stereocenters. The van der Waals surface area contributed by atoms with Crippen LogP contribution in [-0.2, 0) is 9.47 Å². The predicted molar refractivity (Wildman–Crippen MR) is 36.1 cm³/mol. The van der Waals surface area contributed by atoms with Crippen LogP contribution in [0.5, 0.6) is 0 Å². The van der Waals surface area contributed by atoms with Crippen LogP contribution in [0.15, 0.2) is 18.6 Å². The molecule has 1 unspecified atom stereocenters. The molecular weight excluding hydrogens is 116 g/mol. The summed E-state index contributed by atoms with van der Waals surface area (Å²) in [5.41, 5.74) is 2.50. The second-order valence-corrected chi connectivity index (χ2v) is 1.72. The maximum Gasteiger partial charge on any atom is 0.125 e. The lowest BCUT2D eigenvalue weighted by Crippen LogP contribution is -2.10. The zero-order valence-corrected chi connectivity index (χ0v) is 5.89. The van der Waals surface area contributed by atoms with Crippen molar-refractivity contribution in [2.24, 2.45) is 0 Å². The average Bonchev–Trinajstić information content (AvgIpc) is 1.85. The molecule has 0 aromatic heterocycles. The Hall–Kier alpha value is -0.720. The van der Waals surface area contributed by atoms with E-state index >= 15 is 0 Å². The Morgan fingerprint density at radius 3 is 2.89 bits per heavy atom. The highest BCUT2D eigenvalue weighted by atomic mass is 16.5. The van der Waals surface area contributed by atoms with Crippen molar-refractivity contribution in [3.63, 3.8) is 0 Å². The predicted octanol–water partition coefficient (Wildman–Crippen LogP) is 1.34. The molecule has 0 aromatic carbocycles. The van der Waals surface area contributed by atoms with Crippen LogP contribution < -0.4 is 0 Å². The standard InChI is InChI=1S/C7H12O2/c1-4-5-9-7(2)6-8-3/h5,7H,1,6H2,2-3H3. The van der Waals surface area contributed by atoms with Gasteiger partial charge in [0.2, 0.25) is 0 Å². The van der Waals surface area contributed by atoms with E-state index in [0.717, 1.165) is 0 Å². The van der Waals surface area contributed by atoms with E-state index in [1.165, 1.54) is 6.26 Å². The van der Waals surface area contributed by atoms with Gasteiger partial charge in [-0.25, -0.2) is 0 Å². The van der Waals surface area contributed by atoms with Gasteiger partial charge in [-0.2, -0.15) is 0 Å². The molecule has 0 aliphatic carbocycles. The number of hydrogen-bond acceptors (Lipinski definition) is 2. The van der Waals surface area contributed by atoms with Crippen LogP contribution >= 0.6 is 0 Å². The lowest BCUT2D eigenvalue weighted by molar-refractivity contribution is 0.0636. The molecule has 0 N–H and O–H groups in total. The van der Waals surface area contributed by atoms with Gasteiger partial charge in [0.25, 0.3) is 0 Å². The third-order valence-corrected chi connectivity index (χ3v) is 0.785. The van der Waals surface area contributed by atoms with Crippen LogP contribution in [0.25, 0.3) is 0 Å². The van der Waals surface area contributed by atoms with Gasteiger partial charge in [0.15, 0.2) is 0 Å². The van der Waals surface area contributed by atoms with Crippen molar-refractivity contribution < 1.29 is 9.47 Å². The Kier molecular flexibility index (Phi) is 4.98. The molecule has 9 heavy (non-hydrogen) atoms. The van der Waals surface area contributed by atoms with Crippen molar-refractivity contribution in [1.29, 1.82) is 0 Å². The van der Waals surface area contributed by atoms with Gasteiger partial charge >= 0.3 is 0 Å². The van der Waals surface area contributed by atoms with Gasteiger partial charge in [-0.1, -0.05) is 12.3 Å². The first kappa shape index (κ1) is 8.28. The van der Waals surface area contributed by atoms with Gasteiger partial charge < -0.3 is 9.47 Å². The Bertz CT molecular complexity index is 103. The van der Waals surface area contributed by atoms with E-state index in [2.05, 4.69) is 12.3 Å². The second-order valence-electron chi connectivity index (χ2n) is 1.72. The fourth-order valence-electron chi connectivity index (χ4n) is 0.438. The smallest absolute Gasteiger partial charge is 0.125 e. The summed E-state index contributed by atoms with van der Waals surface area (Å²) in [7, 11) is 1.64. The molecule has 2 nitrogen and oxygen atoms in total. The first-order valence-corrected chi connectivity index (χ1v) is 2.80. The fraction of sp³-hybridized carbons (Fsp3) is 0.571. The van der Waals surface area contributed by atoms with Crippen LogP contribution in [0, 0.1) is 0 Å². The zero-order chi connectivity index (χ0) is 7.11. The lowest BCUT2D eigenvalue weighted by atomic mass is 10.4. The molecule has 0 bridgehead atoms. The molecule has 0 saturated heterocycles. The molecule has 0 aromatic rings. The first-order valence-electron chi connectivity index (χ1n) is 2.80. The minimum Gasteiger partial charge on any atom is -0.488 e. The van der Waals surface area contributed by atoms with Gasteiger partial charge in [-0.15, -0.1) is 0 Å². The summed E-state index contributed by atoms with van der Waals surface area (Å²) in [5.74, 6) is 0. The molecule has 0 fully saturated rings. The minimum atomic E-state index is 0.0873. The Morgan fingerprint density at radius 1 is 1.78 bits per heavy atom. The lowest BCUT2D eigenvalue weighted by Gasteiger charge is -2.07. The van der Waals surface area contributed by atoms with Crippen molar-refractivity contribution >= 4 is 0 Å². The van der Waals surface area contributed by atoms with Crippen LogP contribution in [0.3, 0.4) is 0 Å². The van der Waals surface area contributed by atoms with E-state index in [9.17, 15) is 0 Å². The Morgan fingerprint density at radius 2 is 2.44 bits per heavy atom. The molecule has 0 rings (SSSR count). The minimum absolute atomic E-state index is 0.0873. The average molecular weight is 128 g/mol. The van der Waals surface area contributed by atoms with Gasteiger partial charge in [0.05, 0.1) is 6.61 Å². The van der Waals surface area contributed by atoms with Crippen LogP contribution in [0.4, 0.5) is 0 Å². The molecule has 0 aliphatic heterocycles. The molecule has 0 aliphatic rings. The Balaban J connectivity index is 3.25. The molecule has 0 amide bonds. The van der Waals surface area contributed by atoms with E-state index in [-0.39, 0.29) is 6.10 Å². The van der Waals surface area contributed by atoms with Gasteiger partial charge in [0.1, 0.15) is 12.4 Å². The van der Waals surface area contributed by atoms with Crippen molar-refractivity contribution in [1.82, 2.24) is 0 Å². The number of ether oxygens (including phenoxy) is 2. The van der Waals surface area contributed by atoms with Crippen molar-refractivity contribution in [3.05, 3.63) is 18.6 Å². The summed E-state index contributed by atoms with van der Waals surface area (Å²) in [4.78, 5) is 0. The largest absolute Gasteiger partial charge is 0.488 e. The maximum atomic E-state index is 5.01. The molecule has 2 heteroatoms. The van der Waals surface area contributed by atoms with Crippen LogP contribution in [0.1, 0.15) is 6.92 Å². The van der Waals surface area contributed by atoms with Crippen molar-refractivity contribution in [2.75, 3.05) is 13.7 Å².